The van der Waals surface area contributed by atoms with E-state index in [1.54, 1.807) is 18.7 Å². The van der Waals surface area contributed by atoms with Crippen LogP contribution < -0.4 is 15.4 Å². The fourth-order valence-corrected chi connectivity index (χ4v) is 5.48. The minimum atomic E-state index is -0.942. The molecular weight excluding hydrogens is 520 g/mol. The largest absolute Gasteiger partial charge is 0.492 e. The molecule has 0 amide bonds. The van der Waals surface area contributed by atoms with Crippen LogP contribution in [0.15, 0.2) is 113 Å². The van der Waals surface area contributed by atoms with Crippen molar-refractivity contribution in [3.05, 3.63) is 114 Å². The normalized spacial score (nSPS) is 13.2. The Labute approximate surface area is 240 Å². The van der Waals surface area contributed by atoms with Crippen LogP contribution in [-0.4, -0.2) is 36.9 Å². The van der Waals surface area contributed by atoms with Crippen LogP contribution in [0, 0.1) is 0 Å². The van der Waals surface area contributed by atoms with Crippen molar-refractivity contribution < 1.29 is 19.4 Å². The highest BCUT2D eigenvalue weighted by Crippen LogP contribution is 2.47. The van der Waals surface area contributed by atoms with Gasteiger partial charge in [-0.3, -0.25) is 0 Å². The van der Waals surface area contributed by atoms with Gasteiger partial charge in [0, 0.05) is 28.9 Å². The van der Waals surface area contributed by atoms with Gasteiger partial charge in [0.05, 0.1) is 17.9 Å². The summed E-state index contributed by atoms with van der Waals surface area (Å²) in [7, 11) is 0. The number of benzene rings is 4. The Morgan fingerprint density at radius 3 is 1.98 bits per heavy atom. The molecule has 40 heavy (non-hydrogen) atoms. The minimum absolute atomic E-state index is 0.159. The predicted molar refractivity (Wildman–Crippen MR) is 162 cm³/mol. The second-order valence-corrected chi connectivity index (χ2v) is 10.5. The summed E-state index contributed by atoms with van der Waals surface area (Å²) < 4.78 is 11.3. The minimum Gasteiger partial charge on any atom is -0.492 e. The Balaban J connectivity index is 0.000000350. The van der Waals surface area contributed by atoms with E-state index in [4.69, 9.17) is 15.2 Å². The van der Waals surface area contributed by atoms with Crippen LogP contribution >= 0.6 is 11.8 Å². The average molecular weight is 557 g/mol. The van der Waals surface area contributed by atoms with Crippen LogP contribution in [0.5, 0.6) is 5.75 Å². The van der Waals surface area contributed by atoms with E-state index in [9.17, 15) is 9.90 Å². The Kier molecular flexibility index (Phi) is 10.6. The molecule has 5 rings (SSSR count). The molecule has 2 atom stereocenters. The summed E-state index contributed by atoms with van der Waals surface area (Å²) in [6.45, 7) is 5.41. The Bertz CT molecular complexity index is 1320. The van der Waals surface area contributed by atoms with Crippen molar-refractivity contribution in [1.82, 2.24) is 0 Å². The molecule has 4 aromatic carbocycles. The second-order valence-electron chi connectivity index (χ2n) is 9.37. The van der Waals surface area contributed by atoms with E-state index < -0.39 is 12.1 Å². The highest BCUT2D eigenvalue weighted by molar-refractivity contribution is 7.99. The summed E-state index contributed by atoms with van der Waals surface area (Å²) in [5, 5.41) is 9.24. The highest BCUT2D eigenvalue weighted by atomic mass is 32.2. The molecular formula is C33H36N2O4S. The van der Waals surface area contributed by atoms with Gasteiger partial charge < -0.3 is 25.2 Å². The number of para-hydroxylation sites is 2. The van der Waals surface area contributed by atoms with Gasteiger partial charge in [-0.1, -0.05) is 78.5 Å². The Morgan fingerprint density at radius 1 is 0.875 bits per heavy atom. The number of anilines is 2. The first kappa shape index (κ1) is 29.2. The summed E-state index contributed by atoms with van der Waals surface area (Å²) in [6.07, 6.45) is -0.489. The molecule has 1 aliphatic heterocycles. The molecule has 0 aliphatic carbocycles. The predicted octanol–water partition coefficient (Wildman–Crippen LogP) is 7.11. The zero-order chi connectivity index (χ0) is 28.3. The van der Waals surface area contributed by atoms with Gasteiger partial charge in [-0.2, -0.15) is 0 Å². The smallest absolute Gasteiger partial charge is 0.333 e. The molecule has 7 heteroatoms. The van der Waals surface area contributed by atoms with Gasteiger partial charge >= 0.3 is 5.97 Å². The van der Waals surface area contributed by atoms with Crippen molar-refractivity contribution in [3.8, 4) is 5.75 Å². The average Bonchev–Trinajstić information content (AvgIpc) is 2.98. The molecule has 0 fully saturated rings. The molecule has 0 radical (unpaired) electrons. The Morgan fingerprint density at radius 2 is 1.45 bits per heavy atom. The maximum atomic E-state index is 11.3. The number of hydrogen-bond acceptors (Lipinski definition) is 6. The molecule has 0 spiro atoms. The molecule has 0 aromatic heterocycles. The van der Waals surface area contributed by atoms with Crippen molar-refractivity contribution >= 4 is 29.1 Å². The van der Waals surface area contributed by atoms with Gasteiger partial charge in [0.15, 0.2) is 6.10 Å². The number of carbonyl (C=O) groups is 1. The standard InChI is InChI=1S/C25H25NO4S.C8H11N/c1-2-29-22(25(27)28)17-18-11-13-19(14-12-18)30-16-15-26-20-7-3-5-9-23(20)31-24-10-6-4-8-21(24)26;1-7(9)8-5-3-2-4-6-8/h3-14,22H,2,15-17H2,1H3,(H,27,28);2-7H,9H2,1H3/t22-;/m0./s1. The summed E-state index contributed by atoms with van der Waals surface area (Å²) >= 11 is 1.79. The molecule has 3 N–H and O–H groups in total. The van der Waals surface area contributed by atoms with E-state index >= 15 is 0 Å². The fourth-order valence-electron chi connectivity index (χ4n) is 4.39. The van der Waals surface area contributed by atoms with E-state index in [0.29, 0.717) is 19.6 Å². The molecule has 6 nitrogen and oxygen atoms in total. The van der Waals surface area contributed by atoms with Crippen molar-refractivity contribution in [1.29, 1.82) is 0 Å². The SMILES string of the molecule is CC(N)c1ccccc1.CCO[C@@H](Cc1ccc(OCCN2c3ccccc3Sc3ccccc32)cc1)C(=O)O. The number of carboxylic acid groups (broad SMARTS) is 1. The summed E-state index contributed by atoms with van der Waals surface area (Å²) in [4.78, 5) is 16.1. The third-order valence-electron chi connectivity index (χ3n) is 6.43. The summed E-state index contributed by atoms with van der Waals surface area (Å²) in [5.41, 5.74) is 10.1. The lowest BCUT2D eigenvalue weighted by molar-refractivity contribution is -0.149. The number of rotatable bonds is 10. The zero-order valence-electron chi connectivity index (χ0n) is 22.9. The first-order chi connectivity index (χ1) is 19.5. The van der Waals surface area contributed by atoms with E-state index in [1.165, 1.54) is 26.7 Å². The lowest BCUT2D eigenvalue weighted by Gasteiger charge is -2.32. The molecule has 0 bridgehead atoms. The zero-order valence-corrected chi connectivity index (χ0v) is 23.7. The summed E-state index contributed by atoms with van der Waals surface area (Å²) in [5.74, 6) is -0.178. The lowest BCUT2D eigenvalue weighted by atomic mass is 10.1. The van der Waals surface area contributed by atoms with Crippen LogP contribution in [0.25, 0.3) is 0 Å². The molecule has 1 heterocycles. The maximum absolute atomic E-state index is 11.3. The molecule has 1 aliphatic rings. The number of aliphatic carboxylic acids is 1. The number of fused-ring (bicyclic) bond motifs is 2. The molecule has 0 saturated heterocycles. The third kappa shape index (κ3) is 7.88. The van der Waals surface area contributed by atoms with E-state index in [-0.39, 0.29) is 6.04 Å². The van der Waals surface area contributed by atoms with Gasteiger partial charge in [0.2, 0.25) is 0 Å². The van der Waals surface area contributed by atoms with Crippen molar-refractivity contribution in [2.75, 3.05) is 24.7 Å². The first-order valence-electron chi connectivity index (χ1n) is 13.5. The van der Waals surface area contributed by atoms with Gasteiger partial charge in [0.25, 0.3) is 0 Å². The maximum Gasteiger partial charge on any atom is 0.333 e. The highest BCUT2D eigenvalue weighted by Gasteiger charge is 2.22. The number of ether oxygens (including phenoxy) is 2. The van der Waals surface area contributed by atoms with Crippen LogP contribution in [-0.2, 0) is 16.0 Å². The number of nitrogens with zero attached hydrogens (tertiary/aromatic N) is 1. The topological polar surface area (TPSA) is 85.0 Å². The first-order valence-corrected chi connectivity index (χ1v) is 14.3. The van der Waals surface area contributed by atoms with Crippen LogP contribution in [0.2, 0.25) is 0 Å². The molecule has 208 valence electrons. The quantitative estimate of drug-likeness (QED) is 0.215. The number of carboxylic acids is 1. The molecule has 4 aromatic rings. The van der Waals surface area contributed by atoms with E-state index in [0.717, 1.165) is 17.9 Å². The van der Waals surface area contributed by atoms with Crippen LogP contribution in [0.1, 0.15) is 31.0 Å². The van der Waals surface area contributed by atoms with Crippen LogP contribution in [0.3, 0.4) is 0 Å². The number of nitrogens with two attached hydrogens (primary N) is 1. The Hall–Kier alpha value is -3.78. The second kappa shape index (κ2) is 14.6. The van der Waals surface area contributed by atoms with Crippen molar-refractivity contribution in [3.63, 3.8) is 0 Å². The fraction of sp³-hybridized carbons (Fsp3) is 0.242. The van der Waals surface area contributed by atoms with Crippen molar-refractivity contribution in [2.45, 2.75) is 42.2 Å². The van der Waals surface area contributed by atoms with E-state index in [2.05, 4.69) is 53.4 Å². The molecule has 1 unspecified atom stereocenters. The van der Waals surface area contributed by atoms with Gasteiger partial charge in [0.1, 0.15) is 12.4 Å². The van der Waals surface area contributed by atoms with Gasteiger partial charge in [-0.15, -0.1) is 0 Å². The van der Waals surface area contributed by atoms with Gasteiger partial charge in [-0.05, 0) is 61.4 Å². The monoisotopic (exact) mass is 556 g/mol. The third-order valence-corrected chi connectivity index (χ3v) is 7.56. The van der Waals surface area contributed by atoms with Gasteiger partial charge in [-0.25, -0.2) is 4.79 Å². The lowest BCUT2D eigenvalue weighted by Crippen LogP contribution is -2.26. The van der Waals surface area contributed by atoms with E-state index in [1.807, 2.05) is 61.5 Å². The summed E-state index contributed by atoms with van der Waals surface area (Å²) in [6, 6.07) is 34.6. The number of hydrogen-bond donors (Lipinski definition) is 2. The van der Waals surface area contributed by atoms with Crippen LogP contribution in [0.4, 0.5) is 11.4 Å². The molecule has 0 saturated carbocycles. The van der Waals surface area contributed by atoms with Crippen molar-refractivity contribution in [2.24, 2.45) is 5.73 Å².